The van der Waals surface area contributed by atoms with Crippen molar-refractivity contribution in [1.29, 1.82) is 0 Å². The summed E-state index contributed by atoms with van der Waals surface area (Å²) in [5, 5.41) is 21.3. The molecule has 0 atom stereocenters. The fourth-order valence-corrected chi connectivity index (χ4v) is 4.37. The normalized spacial score (nSPS) is 11.0. The molecule has 0 bridgehead atoms. The van der Waals surface area contributed by atoms with Gasteiger partial charge in [0.2, 0.25) is 11.7 Å². The molecule has 2 aromatic heterocycles. The first kappa shape index (κ1) is 24.0. The highest BCUT2D eigenvalue weighted by molar-refractivity contribution is 9.10. The van der Waals surface area contributed by atoms with Gasteiger partial charge in [-0.05, 0) is 53.2 Å². The minimum Gasteiger partial charge on any atom is -0.349 e. The maximum atomic E-state index is 13.1. The van der Waals surface area contributed by atoms with Gasteiger partial charge in [-0.3, -0.25) is 9.59 Å². The zero-order valence-corrected chi connectivity index (χ0v) is 21.4. The van der Waals surface area contributed by atoms with E-state index in [4.69, 9.17) is 23.2 Å². The molecule has 0 radical (unpaired) electrons. The van der Waals surface area contributed by atoms with Crippen LogP contribution in [0.2, 0.25) is 10.0 Å². The number of halogens is 3. The number of aromatic amines is 2. The lowest BCUT2D eigenvalue weighted by Gasteiger charge is -2.09. The van der Waals surface area contributed by atoms with Crippen molar-refractivity contribution in [2.24, 2.45) is 0 Å². The van der Waals surface area contributed by atoms with Gasteiger partial charge in [-0.25, -0.2) is 0 Å². The Morgan fingerprint density at radius 1 is 0.944 bits per heavy atom. The number of benzene rings is 3. The van der Waals surface area contributed by atoms with E-state index < -0.39 is 0 Å². The van der Waals surface area contributed by atoms with Gasteiger partial charge in [-0.2, -0.15) is 5.21 Å². The third-order valence-electron chi connectivity index (χ3n) is 5.34. The quantitative estimate of drug-likeness (QED) is 0.199. The number of hydrogen-bond acceptors (Lipinski definition) is 5. The minimum absolute atomic E-state index is 0.115. The van der Waals surface area contributed by atoms with Gasteiger partial charge in [-0.15, -0.1) is 10.2 Å². The average molecular weight is 585 g/mol. The maximum absolute atomic E-state index is 13.1. The molecule has 5 aromatic rings. The number of carbonyl (C=O) groups excluding carboxylic acids is 2. The molecule has 3 aromatic carbocycles. The first-order valence-corrected chi connectivity index (χ1v) is 12.1. The van der Waals surface area contributed by atoms with Crippen LogP contribution in [0.1, 0.15) is 16.1 Å². The van der Waals surface area contributed by atoms with Crippen LogP contribution >= 0.6 is 39.1 Å². The molecular formula is C24H16BrCl2N7O2. The minimum atomic E-state index is -0.369. The summed E-state index contributed by atoms with van der Waals surface area (Å²) in [7, 11) is 0. The summed E-state index contributed by atoms with van der Waals surface area (Å²) in [6, 6.07) is 17.5. The molecule has 36 heavy (non-hydrogen) atoms. The summed E-state index contributed by atoms with van der Waals surface area (Å²) in [4.78, 5) is 28.9. The fourth-order valence-electron chi connectivity index (χ4n) is 3.69. The Morgan fingerprint density at radius 3 is 2.58 bits per heavy atom. The second kappa shape index (κ2) is 10.1. The molecule has 0 aliphatic carbocycles. The van der Waals surface area contributed by atoms with Gasteiger partial charge in [0.25, 0.3) is 5.91 Å². The molecule has 5 rings (SSSR count). The third-order valence-corrected chi connectivity index (χ3v) is 6.57. The second-order valence-corrected chi connectivity index (χ2v) is 9.54. The maximum Gasteiger partial charge on any atom is 0.272 e. The molecule has 0 aliphatic heterocycles. The molecule has 0 spiro atoms. The SMILES string of the molecule is O=C(Cc1ccc(Cl)c(Cl)c1)Nc1cccc2cc(C(=O)Nc3ccc(Br)cc3-c3nn[nH]n3)[nH]c12. The number of nitrogens with one attached hydrogen (secondary N) is 4. The van der Waals surface area contributed by atoms with Gasteiger partial charge in [0, 0.05) is 15.4 Å². The Kier molecular flexibility index (Phi) is 6.73. The van der Waals surface area contributed by atoms with E-state index in [9.17, 15) is 9.59 Å². The van der Waals surface area contributed by atoms with Gasteiger partial charge >= 0.3 is 0 Å². The number of H-pyrrole nitrogens is 2. The lowest BCUT2D eigenvalue weighted by atomic mass is 10.1. The predicted octanol–water partition coefficient (Wildman–Crippen LogP) is 5.85. The molecule has 180 valence electrons. The number of carbonyl (C=O) groups is 2. The Balaban J connectivity index is 1.37. The molecule has 0 saturated carbocycles. The van der Waals surface area contributed by atoms with Gasteiger partial charge < -0.3 is 15.6 Å². The van der Waals surface area contributed by atoms with E-state index >= 15 is 0 Å². The highest BCUT2D eigenvalue weighted by Crippen LogP contribution is 2.30. The number of nitrogens with zero attached hydrogens (tertiary/aromatic N) is 3. The van der Waals surface area contributed by atoms with Crippen LogP contribution in [0.3, 0.4) is 0 Å². The lowest BCUT2D eigenvalue weighted by Crippen LogP contribution is -2.15. The van der Waals surface area contributed by atoms with Gasteiger partial charge in [0.05, 0.1) is 33.4 Å². The van der Waals surface area contributed by atoms with Crippen LogP contribution in [-0.2, 0) is 11.2 Å². The summed E-state index contributed by atoms with van der Waals surface area (Å²) >= 11 is 15.4. The van der Waals surface area contributed by atoms with Crippen molar-refractivity contribution < 1.29 is 9.59 Å². The topological polar surface area (TPSA) is 128 Å². The van der Waals surface area contributed by atoms with Gasteiger partial charge in [0.1, 0.15) is 5.69 Å². The lowest BCUT2D eigenvalue weighted by molar-refractivity contribution is -0.115. The van der Waals surface area contributed by atoms with E-state index in [1.807, 2.05) is 6.07 Å². The standard InChI is InChI=1S/C24H16BrCl2N7O2/c25-14-5-7-18(15(11-14)23-31-33-34-32-23)30-24(36)20-10-13-2-1-3-19(22(13)29-20)28-21(35)9-12-4-6-16(26)17(27)8-12/h1-8,10-11,29H,9H2,(H,28,35)(H,30,36)(H,31,32,33,34). The summed E-state index contributed by atoms with van der Waals surface area (Å²) in [6.45, 7) is 0. The highest BCUT2D eigenvalue weighted by atomic mass is 79.9. The van der Waals surface area contributed by atoms with Gasteiger partial charge in [-0.1, -0.05) is 57.3 Å². The number of fused-ring (bicyclic) bond motifs is 1. The van der Waals surface area contributed by atoms with Crippen molar-refractivity contribution in [2.45, 2.75) is 6.42 Å². The van der Waals surface area contributed by atoms with Crippen molar-refractivity contribution in [3.8, 4) is 11.4 Å². The molecule has 0 aliphatic rings. The first-order valence-electron chi connectivity index (χ1n) is 10.6. The average Bonchev–Trinajstić information content (AvgIpc) is 3.53. The van der Waals surface area contributed by atoms with Crippen molar-refractivity contribution in [3.63, 3.8) is 0 Å². The van der Waals surface area contributed by atoms with Crippen LogP contribution in [-0.4, -0.2) is 37.4 Å². The smallest absolute Gasteiger partial charge is 0.272 e. The van der Waals surface area contributed by atoms with Crippen LogP contribution in [0.5, 0.6) is 0 Å². The largest absolute Gasteiger partial charge is 0.349 e. The molecule has 2 heterocycles. The van der Waals surface area contributed by atoms with Crippen molar-refractivity contribution in [2.75, 3.05) is 10.6 Å². The monoisotopic (exact) mass is 583 g/mol. The number of rotatable bonds is 6. The zero-order valence-electron chi connectivity index (χ0n) is 18.3. The molecule has 4 N–H and O–H groups in total. The second-order valence-electron chi connectivity index (χ2n) is 7.81. The molecule has 9 nitrogen and oxygen atoms in total. The van der Waals surface area contributed by atoms with Crippen LogP contribution in [0, 0.1) is 0 Å². The zero-order chi connectivity index (χ0) is 25.2. The van der Waals surface area contributed by atoms with Crippen LogP contribution in [0.4, 0.5) is 11.4 Å². The van der Waals surface area contributed by atoms with Crippen LogP contribution < -0.4 is 10.6 Å². The number of para-hydroxylation sites is 1. The number of hydrogen-bond donors (Lipinski definition) is 4. The van der Waals surface area contributed by atoms with E-state index in [2.05, 4.69) is 52.2 Å². The van der Waals surface area contributed by atoms with Crippen molar-refractivity contribution >= 4 is 73.2 Å². The van der Waals surface area contributed by atoms with E-state index in [1.165, 1.54) is 0 Å². The fraction of sp³-hybridized carbons (Fsp3) is 0.0417. The van der Waals surface area contributed by atoms with E-state index in [0.29, 0.717) is 44.0 Å². The van der Waals surface area contributed by atoms with Crippen LogP contribution in [0.15, 0.2) is 65.1 Å². The van der Waals surface area contributed by atoms with E-state index in [-0.39, 0.29) is 18.2 Å². The Labute approximate surface area is 222 Å². The summed E-state index contributed by atoms with van der Waals surface area (Å²) in [5.41, 5.74) is 3.33. The molecule has 0 fully saturated rings. The van der Waals surface area contributed by atoms with E-state index in [0.717, 1.165) is 15.4 Å². The molecule has 12 heteroatoms. The predicted molar refractivity (Wildman–Crippen MR) is 142 cm³/mol. The van der Waals surface area contributed by atoms with Crippen molar-refractivity contribution in [3.05, 3.63) is 86.4 Å². The van der Waals surface area contributed by atoms with Crippen LogP contribution in [0.25, 0.3) is 22.3 Å². The number of aromatic nitrogens is 5. The Hall–Kier alpha value is -3.73. The number of tetrazole rings is 1. The Morgan fingerprint density at radius 2 is 1.81 bits per heavy atom. The molecule has 0 saturated heterocycles. The number of amides is 2. The first-order chi connectivity index (χ1) is 17.4. The van der Waals surface area contributed by atoms with E-state index in [1.54, 1.807) is 54.6 Å². The number of anilines is 2. The summed E-state index contributed by atoms with van der Waals surface area (Å²) in [5.74, 6) is -0.261. The molecular weight excluding hydrogens is 569 g/mol. The highest BCUT2D eigenvalue weighted by Gasteiger charge is 2.17. The third kappa shape index (κ3) is 5.11. The van der Waals surface area contributed by atoms with Gasteiger partial charge in [0.15, 0.2) is 0 Å². The van der Waals surface area contributed by atoms with Crippen molar-refractivity contribution in [1.82, 2.24) is 25.6 Å². The Bertz CT molecular complexity index is 1600. The molecule has 2 amide bonds. The molecule has 0 unspecified atom stereocenters. The summed E-state index contributed by atoms with van der Waals surface area (Å²) < 4.78 is 0.798. The summed E-state index contributed by atoms with van der Waals surface area (Å²) in [6.07, 6.45) is 0.115.